The van der Waals surface area contributed by atoms with Crippen molar-refractivity contribution in [2.45, 2.75) is 12.5 Å². The third kappa shape index (κ3) is 5.67. The number of nitrogens with one attached hydrogen (secondary N) is 3. The highest BCUT2D eigenvalue weighted by molar-refractivity contribution is 6.35. The van der Waals surface area contributed by atoms with Gasteiger partial charge in [-0.15, -0.1) is 0 Å². The highest BCUT2D eigenvalue weighted by Gasteiger charge is 2.29. The number of carbonyl (C=O) groups excluding carboxylic acids is 2. The van der Waals surface area contributed by atoms with Gasteiger partial charge in [0.05, 0.1) is 26.0 Å². The van der Waals surface area contributed by atoms with Crippen molar-refractivity contribution >= 4 is 11.8 Å². The van der Waals surface area contributed by atoms with Gasteiger partial charge in [0.25, 0.3) is 0 Å². The van der Waals surface area contributed by atoms with E-state index in [-0.39, 0.29) is 6.04 Å². The molecule has 2 amide bonds. The maximum atomic E-state index is 12.2. The quantitative estimate of drug-likeness (QED) is 0.583. The number of benzene rings is 1. The van der Waals surface area contributed by atoms with Gasteiger partial charge in [0, 0.05) is 6.54 Å². The van der Waals surface area contributed by atoms with E-state index in [1.54, 1.807) is 6.26 Å². The van der Waals surface area contributed by atoms with E-state index in [1.165, 1.54) is 4.90 Å². The van der Waals surface area contributed by atoms with Crippen LogP contribution in [0.3, 0.4) is 0 Å². The minimum Gasteiger partial charge on any atom is -0.463 e. The Hall–Kier alpha value is -2.64. The van der Waals surface area contributed by atoms with E-state index >= 15 is 0 Å². The molecule has 1 aliphatic rings. The van der Waals surface area contributed by atoms with Crippen molar-refractivity contribution in [3.63, 3.8) is 0 Å². The summed E-state index contributed by atoms with van der Waals surface area (Å²) in [5.74, 6) is -0.426. The molecule has 0 unspecified atom stereocenters. The summed E-state index contributed by atoms with van der Waals surface area (Å²) >= 11 is 0. The molecule has 0 spiro atoms. The third-order valence-corrected chi connectivity index (χ3v) is 4.73. The second-order valence-corrected chi connectivity index (χ2v) is 6.54. The average Bonchev–Trinajstić information content (AvgIpc) is 3.24. The van der Waals surface area contributed by atoms with Crippen LogP contribution in [0, 0.1) is 0 Å². The number of hydrogen-bond donors (Lipinski definition) is 3. The fourth-order valence-corrected chi connectivity index (χ4v) is 3.24. The highest BCUT2D eigenvalue weighted by Crippen LogP contribution is 2.10. The summed E-state index contributed by atoms with van der Waals surface area (Å²) in [5.41, 5.74) is 1.12. The lowest BCUT2D eigenvalue weighted by molar-refractivity contribution is -0.938. The maximum Gasteiger partial charge on any atom is 0.309 e. The molecule has 1 aliphatic heterocycles. The van der Waals surface area contributed by atoms with Crippen LogP contribution in [0.2, 0.25) is 0 Å². The zero-order chi connectivity index (χ0) is 18.9. The molecule has 144 valence electrons. The summed E-state index contributed by atoms with van der Waals surface area (Å²) in [5, 5.41) is 5.41. The van der Waals surface area contributed by atoms with Crippen molar-refractivity contribution in [3.8, 4) is 0 Å². The zero-order valence-corrected chi connectivity index (χ0v) is 15.3. The first kappa shape index (κ1) is 19.1. The average molecular weight is 372 g/mol. The number of ether oxygens (including phenoxy) is 1. The van der Waals surface area contributed by atoms with Gasteiger partial charge in [-0.1, -0.05) is 30.3 Å². The van der Waals surface area contributed by atoms with Crippen molar-refractivity contribution < 1.29 is 23.6 Å². The van der Waals surface area contributed by atoms with Crippen LogP contribution in [-0.2, 0) is 20.7 Å². The Kier molecular flexibility index (Phi) is 7.01. The van der Waals surface area contributed by atoms with Crippen LogP contribution in [0.15, 0.2) is 53.1 Å². The van der Waals surface area contributed by atoms with Crippen LogP contribution in [0.5, 0.6) is 0 Å². The van der Waals surface area contributed by atoms with Gasteiger partial charge in [0.15, 0.2) is 11.8 Å². The fraction of sp³-hybridized carbons (Fsp3) is 0.400. The molecule has 2 heterocycles. The lowest BCUT2D eigenvalue weighted by Crippen LogP contribution is -3.15. The van der Waals surface area contributed by atoms with Crippen molar-refractivity contribution in [1.29, 1.82) is 0 Å². The van der Waals surface area contributed by atoms with Gasteiger partial charge in [-0.25, -0.2) is 0 Å². The van der Waals surface area contributed by atoms with E-state index in [2.05, 4.69) is 10.6 Å². The summed E-state index contributed by atoms with van der Waals surface area (Å²) in [6, 6.07) is 13.5. The SMILES string of the molecule is O=C(NCCc1ccccc1)C(=O)NC[C@H](c1ccco1)[NH+]1CCOCC1. The van der Waals surface area contributed by atoms with E-state index < -0.39 is 11.8 Å². The van der Waals surface area contributed by atoms with E-state index in [4.69, 9.17) is 9.15 Å². The van der Waals surface area contributed by atoms with Crippen LogP contribution < -0.4 is 15.5 Å². The molecule has 1 saturated heterocycles. The van der Waals surface area contributed by atoms with Gasteiger partial charge in [-0.05, 0) is 24.1 Å². The zero-order valence-electron chi connectivity index (χ0n) is 15.3. The van der Waals surface area contributed by atoms with Crippen molar-refractivity contribution in [3.05, 3.63) is 60.1 Å². The van der Waals surface area contributed by atoms with Gasteiger partial charge in [0.2, 0.25) is 0 Å². The first-order valence-electron chi connectivity index (χ1n) is 9.29. The predicted molar refractivity (Wildman–Crippen MR) is 99.1 cm³/mol. The molecular formula is C20H26N3O4+. The van der Waals surface area contributed by atoms with Crippen molar-refractivity contribution in [1.82, 2.24) is 10.6 Å². The molecule has 3 rings (SSSR count). The molecule has 27 heavy (non-hydrogen) atoms. The lowest BCUT2D eigenvalue weighted by Gasteiger charge is -2.30. The third-order valence-electron chi connectivity index (χ3n) is 4.73. The number of hydrogen-bond acceptors (Lipinski definition) is 4. The summed E-state index contributed by atoms with van der Waals surface area (Å²) in [6.45, 7) is 3.80. The molecule has 0 bridgehead atoms. The molecule has 0 aliphatic carbocycles. The molecule has 3 N–H and O–H groups in total. The van der Waals surface area contributed by atoms with Gasteiger partial charge in [0.1, 0.15) is 13.1 Å². The number of carbonyl (C=O) groups is 2. The number of quaternary nitrogens is 1. The molecule has 7 heteroatoms. The van der Waals surface area contributed by atoms with Crippen LogP contribution in [0.25, 0.3) is 0 Å². The Bertz CT molecular complexity index is 712. The van der Waals surface area contributed by atoms with E-state index in [9.17, 15) is 9.59 Å². The van der Waals surface area contributed by atoms with Gasteiger partial charge >= 0.3 is 11.8 Å². The molecule has 1 aromatic carbocycles. The molecule has 0 saturated carbocycles. The molecule has 1 atom stereocenters. The van der Waals surface area contributed by atoms with Crippen molar-refractivity contribution in [2.75, 3.05) is 39.4 Å². The Morgan fingerprint density at radius 1 is 1.00 bits per heavy atom. The van der Waals surface area contributed by atoms with Gasteiger partial charge < -0.3 is 24.7 Å². The van der Waals surface area contributed by atoms with E-state index in [1.807, 2.05) is 42.5 Å². The first-order valence-corrected chi connectivity index (χ1v) is 9.29. The molecule has 2 aromatic rings. The Morgan fingerprint density at radius 3 is 2.44 bits per heavy atom. The van der Waals surface area contributed by atoms with Gasteiger partial charge in [-0.3, -0.25) is 9.59 Å². The lowest BCUT2D eigenvalue weighted by atomic mass is 10.1. The number of rotatable bonds is 7. The first-order chi connectivity index (χ1) is 13.2. The summed E-state index contributed by atoms with van der Waals surface area (Å²) in [7, 11) is 0. The predicted octanol–water partition coefficient (Wildman–Crippen LogP) is -0.289. The molecule has 1 fully saturated rings. The molecular weight excluding hydrogens is 346 g/mol. The van der Waals surface area contributed by atoms with Crippen LogP contribution in [-0.4, -0.2) is 51.2 Å². The maximum absolute atomic E-state index is 12.2. The van der Waals surface area contributed by atoms with E-state index in [0.717, 1.165) is 24.4 Å². The molecule has 0 radical (unpaired) electrons. The Labute approximate surface area is 158 Å². The second-order valence-electron chi connectivity index (χ2n) is 6.54. The molecule has 1 aromatic heterocycles. The normalized spacial score (nSPS) is 15.9. The van der Waals surface area contributed by atoms with Crippen molar-refractivity contribution in [2.24, 2.45) is 0 Å². The summed E-state index contributed by atoms with van der Waals surface area (Å²) in [6.07, 6.45) is 2.31. The Balaban J connectivity index is 1.47. The topological polar surface area (TPSA) is 85.0 Å². The van der Waals surface area contributed by atoms with Crippen LogP contribution in [0.4, 0.5) is 0 Å². The second kappa shape index (κ2) is 9.89. The van der Waals surface area contributed by atoms with E-state index in [0.29, 0.717) is 32.7 Å². The minimum atomic E-state index is -0.618. The molecule has 7 nitrogen and oxygen atoms in total. The Morgan fingerprint density at radius 2 is 1.74 bits per heavy atom. The summed E-state index contributed by atoms with van der Waals surface area (Å²) < 4.78 is 11.0. The smallest absolute Gasteiger partial charge is 0.309 e. The minimum absolute atomic E-state index is 0.0371. The fourth-order valence-electron chi connectivity index (χ4n) is 3.24. The summed E-state index contributed by atoms with van der Waals surface area (Å²) in [4.78, 5) is 25.5. The van der Waals surface area contributed by atoms with Gasteiger partial charge in [-0.2, -0.15) is 0 Å². The van der Waals surface area contributed by atoms with Crippen LogP contribution >= 0.6 is 0 Å². The highest BCUT2D eigenvalue weighted by atomic mass is 16.5. The standard InChI is InChI=1S/C20H25N3O4/c24-19(21-9-8-16-5-2-1-3-6-16)20(25)22-15-17(18-7-4-12-27-18)23-10-13-26-14-11-23/h1-7,12,17H,8-11,13-15H2,(H,21,24)(H,22,25)/p+1/t17-/m1/s1. The largest absolute Gasteiger partial charge is 0.463 e. The monoisotopic (exact) mass is 372 g/mol. The number of morpholine rings is 1. The number of furan rings is 1. The van der Waals surface area contributed by atoms with Crippen LogP contribution in [0.1, 0.15) is 17.4 Å². The number of amides is 2.